The Bertz CT molecular complexity index is 2220. The summed E-state index contributed by atoms with van der Waals surface area (Å²) in [4.78, 5) is 12.3. The molecule has 85 heavy (non-hydrogen) atoms. The summed E-state index contributed by atoms with van der Waals surface area (Å²) in [7, 11) is -19.5. The van der Waals surface area contributed by atoms with Gasteiger partial charge < -0.3 is 9.26 Å². The zero-order valence-electron chi connectivity index (χ0n) is 52.2. The van der Waals surface area contributed by atoms with E-state index in [1.165, 1.54) is 64.7 Å². The number of fused-ring (bicyclic) bond motifs is 5. The van der Waals surface area contributed by atoms with Gasteiger partial charge in [0.2, 0.25) is 0 Å². The molecule has 0 N–H and O–H groups in total. The van der Waals surface area contributed by atoms with Crippen molar-refractivity contribution in [2.45, 2.75) is 148 Å². The Kier molecular flexibility index (Phi) is 29.6. The minimum atomic E-state index is -4.77. The van der Waals surface area contributed by atoms with Crippen molar-refractivity contribution in [3.05, 3.63) is 11.6 Å². The molecule has 0 heterocycles. The van der Waals surface area contributed by atoms with Crippen molar-refractivity contribution >= 4 is 60.9 Å². The van der Waals surface area contributed by atoms with Crippen LogP contribution in [0.15, 0.2) is 11.6 Å². The average molecular weight is 1370 g/mol. The molecule has 5 aliphatic carbocycles. The molecule has 6 unspecified atom stereocenters. The summed E-state index contributed by atoms with van der Waals surface area (Å²) in [6.45, 7) is 12.3. The summed E-state index contributed by atoms with van der Waals surface area (Å²) in [5.74, 6) is 4.83. The first-order valence-corrected chi connectivity index (χ1v) is 37.7. The zero-order chi connectivity index (χ0) is 64.2. The fourth-order valence-electron chi connectivity index (χ4n) is 12.9. The van der Waals surface area contributed by atoms with Crippen LogP contribution in [0, 0.1) is 46.3 Å². The van der Waals surface area contributed by atoms with Crippen molar-refractivity contribution < 1.29 is 136 Å². The third-order valence-electron chi connectivity index (χ3n) is 17.3. The molecule has 0 radical (unpaired) electrons. The lowest BCUT2D eigenvalue weighted by molar-refractivity contribution is -0.205. The van der Waals surface area contributed by atoms with E-state index in [0.717, 1.165) is 147 Å². The Labute approximate surface area is 501 Å². The van der Waals surface area contributed by atoms with Crippen LogP contribution >= 0.6 is 54.8 Å². The molecule has 5 aliphatic rings. The molecule has 0 bridgehead atoms. The van der Waals surface area contributed by atoms with Gasteiger partial charge >= 0.3 is 60.9 Å². The van der Waals surface area contributed by atoms with Crippen LogP contribution in [0.25, 0.3) is 0 Å². The van der Waals surface area contributed by atoms with Crippen molar-refractivity contribution in [2.24, 2.45) is 46.3 Å². The summed E-state index contributed by atoms with van der Waals surface area (Å²) in [5, 5.41) is 0. The Morgan fingerprint density at radius 3 is 1.15 bits per heavy atom. The van der Waals surface area contributed by atoms with Crippen LogP contribution in [0.2, 0.25) is 0 Å². The lowest BCUT2D eigenvalue weighted by Gasteiger charge is -2.58. The molecule has 0 spiro atoms. The number of phosphoric acid groups is 7. The first-order valence-electron chi connectivity index (χ1n) is 27.5. The summed E-state index contributed by atoms with van der Waals surface area (Å²) >= 11 is 0. The summed E-state index contributed by atoms with van der Waals surface area (Å²) < 4.78 is 205. The van der Waals surface area contributed by atoms with E-state index in [4.69, 9.17) is 99.7 Å². The highest BCUT2D eigenvalue weighted by molar-refractivity contribution is 7.50. The maximum Gasteiger partial charge on any atom is 0.534 e. The van der Waals surface area contributed by atoms with Gasteiger partial charge in [-0.15, -0.1) is 0 Å². The van der Waals surface area contributed by atoms with Gasteiger partial charge in [0.05, 0.1) is 0 Å². The average Bonchev–Trinajstić information content (AvgIpc) is 2.38. The Hall–Kier alpha value is -0.180. The van der Waals surface area contributed by atoms with Crippen molar-refractivity contribution in [3.8, 4) is 0 Å². The topological polar surface area (TPSA) is 340 Å². The van der Waals surface area contributed by atoms with Crippen LogP contribution in [0.4, 0.5) is 4.79 Å². The third-order valence-corrected chi connectivity index (χ3v) is 26.9. The van der Waals surface area contributed by atoms with Crippen molar-refractivity contribution in [3.63, 3.8) is 0 Å². The van der Waals surface area contributed by atoms with E-state index in [0.29, 0.717) is 5.41 Å². The number of phosphoric ester groups is 7. The first-order chi connectivity index (χ1) is 39.8. The smallest absolute Gasteiger partial charge is 0.430 e. The van der Waals surface area contributed by atoms with Gasteiger partial charge in [-0.1, -0.05) is 65.5 Å². The predicted molar refractivity (Wildman–Crippen MR) is 305 cm³/mol. The normalized spacial score (nSPS) is 30.8. The second kappa shape index (κ2) is 32.6. The molecule has 30 nitrogen and oxygen atoms in total. The van der Waals surface area contributed by atoms with Crippen molar-refractivity contribution in [2.75, 3.05) is 99.5 Å². The molecule has 4 saturated carbocycles. The Morgan fingerprint density at radius 2 is 0.824 bits per heavy atom. The molecular formula is C48H93O30P7. The van der Waals surface area contributed by atoms with Gasteiger partial charge in [0.15, 0.2) is 0 Å². The molecule has 500 valence electrons. The van der Waals surface area contributed by atoms with Gasteiger partial charge in [0, 0.05) is 106 Å². The second-order valence-corrected chi connectivity index (χ2v) is 34.5. The number of carbonyl (C=O) groups excluding carboxylic acids is 1. The number of hydrogen-bond donors (Lipinski definition) is 0. The van der Waals surface area contributed by atoms with E-state index in [-0.39, 0.29) is 11.5 Å². The molecule has 37 heteroatoms. The Morgan fingerprint density at radius 1 is 0.471 bits per heavy atom. The fourth-order valence-corrected chi connectivity index (χ4v) is 18.5. The van der Waals surface area contributed by atoms with E-state index < -0.39 is 97.5 Å². The highest BCUT2D eigenvalue weighted by Crippen LogP contribution is 2.69. The monoisotopic (exact) mass is 1370 g/mol. The van der Waals surface area contributed by atoms with E-state index in [2.05, 4.69) is 40.7 Å². The lowest BCUT2D eigenvalue weighted by atomic mass is 9.47. The fraction of sp³-hybridized carbons (Fsp3) is 0.938. The predicted octanol–water partition coefficient (Wildman–Crippen LogP) is 13.7. The van der Waals surface area contributed by atoms with Crippen LogP contribution in [0.3, 0.4) is 0 Å². The number of ether oxygens (including phenoxy) is 1. The van der Waals surface area contributed by atoms with E-state index >= 15 is 0 Å². The van der Waals surface area contributed by atoms with Crippen LogP contribution in [0.1, 0.15) is 105 Å². The summed E-state index contributed by atoms with van der Waals surface area (Å²) in [6, 6.07) is 0. The number of carbonyl (C=O) groups is 1. The van der Waals surface area contributed by atoms with Crippen LogP contribution < -0.4 is 0 Å². The molecule has 5 rings (SSSR count). The summed E-state index contributed by atoms with van der Waals surface area (Å²) in [5.41, 5.74) is 2.11. The minimum Gasteiger partial charge on any atom is -0.430 e. The van der Waals surface area contributed by atoms with Crippen molar-refractivity contribution in [1.82, 2.24) is 0 Å². The maximum absolute atomic E-state index is 13.5. The summed E-state index contributed by atoms with van der Waals surface area (Å²) in [6.07, 6.45) is 1.02. The lowest BCUT2D eigenvalue weighted by Crippen LogP contribution is -2.66. The van der Waals surface area contributed by atoms with Crippen LogP contribution in [0.5, 0.6) is 0 Å². The highest BCUT2D eigenvalue weighted by Gasteiger charge is 2.65. The standard InChI is InChI=1S/C30H51O6P.C18H42O24P6/c1-20(2)9-8-10-21(3)25-13-14-26-24-12-11-22-19-23(35-28(31)36-37(32,33-6)34-7)15-17-29(22,4)27(24)16-18-30(25,26)5;1-25-43(19,26-2)37-13-14(38-44(20,27-3)28-4)16(40-46(22,31-7)32-8)18(42-48(24,35-11)36-12)17(41-47(23,33-9)34-10)15(13)39-45(21,29-5)30-6/h11,20-21,23-27H,8-10,12-19H2,1-7H3;13-18H,1-12H3/t21-,23-,24?,25?,26?,27?,29?,30?;/m0./s1. The minimum absolute atomic E-state index is 0.184. The number of rotatable bonds is 33. The third kappa shape index (κ3) is 18.8. The SMILES string of the molecule is COP(=O)(OC)OC(=O)O[C@H]1CCC2(C)C(=CCC3C2CCC2(C)C3CCC2[C@@H](C)CCCC(C)C)C1.COP(=O)(OC)OC1C(OP(=O)(OC)OC)C(OP(=O)(OC)OC)C(OP(=O)(OC)OC)C(OP(=O)(OC)OC)C1OP(=O)(OC)OC. The zero-order valence-corrected chi connectivity index (χ0v) is 58.5. The highest BCUT2D eigenvalue weighted by atomic mass is 31.2. The molecule has 0 amide bonds. The number of hydrogen-bond acceptors (Lipinski definition) is 30. The van der Waals surface area contributed by atoms with Gasteiger partial charge in [-0.3, -0.25) is 90.5 Å². The van der Waals surface area contributed by atoms with Gasteiger partial charge in [-0.2, -0.15) is 0 Å². The van der Waals surface area contributed by atoms with E-state index in [1.54, 1.807) is 0 Å². The molecule has 8 atom stereocenters. The van der Waals surface area contributed by atoms with Crippen LogP contribution in [-0.2, 0) is 132 Å². The maximum atomic E-state index is 13.5. The van der Waals surface area contributed by atoms with E-state index in [9.17, 15) is 36.7 Å². The van der Waals surface area contributed by atoms with Gasteiger partial charge in [-0.05, 0) is 91.3 Å². The Balaban J connectivity index is 0.000000375. The molecule has 0 aromatic carbocycles. The van der Waals surface area contributed by atoms with Gasteiger partial charge in [0.1, 0.15) is 42.7 Å². The molecule has 0 aromatic heterocycles. The van der Waals surface area contributed by atoms with Gasteiger partial charge in [0.25, 0.3) is 0 Å². The quantitative estimate of drug-likeness (QED) is 0.0334. The molecule has 0 aliphatic heterocycles. The second-order valence-electron chi connectivity index (χ2n) is 21.7. The molecule has 0 aromatic rings. The van der Waals surface area contributed by atoms with Crippen molar-refractivity contribution in [1.29, 1.82) is 0 Å². The number of allylic oxidation sites excluding steroid dienone is 1. The van der Waals surface area contributed by atoms with Crippen LogP contribution in [-0.4, -0.2) is 148 Å². The van der Waals surface area contributed by atoms with Gasteiger partial charge in [-0.25, -0.2) is 36.7 Å². The molecular weight excluding hydrogens is 1270 g/mol. The first kappa shape index (κ1) is 77.3. The van der Waals surface area contributed by atoms with E-state index in [1.807, 2.05) is 0 Å². The largest absolute Gasteiger partial charge is 0.534 e. The molecule has 4 fully saturated rings. The molecule has 0 saturated heterocycles.